The summed E-state index contributed by atoms with van der Waals surface area (Å²) >= 11 is 0. The maximum absolute atomic E-state index is 13.0. The van der Waals surface area contributed by atoms with Crippen LogP contribution in [0.25, 0.3) is 0 Å². The topological polar surface area (TPSA) is 58.2 Å². The van der Waals surface area contributed by atoms with Crippen LogP contribution in [-0.4, -0.2) is 33.3 Å². The summed E-state index contributed by atoms with van der Waals surface area (Å²) in [5, 5.41) is 3.18. The monoisotopic (exact) mass is 300 g/mol. The highest BCUT2D eigenvalue weighted by Crippen LogP contribution is 2.18. The van der Waals surface area contributed by atoms with Crippen LogP contribution >= 0.6 is 0 Å². The second-order valence-corrected chi connectivity index (χ2v) is 7.19. The van der Waals surface area contributed by atoms with E-state index < -0.39 is 10.0 Å². The van der Waals surface area contributed by atoms with Gasteiger partial charge in [0.15, 0.2) is 0 Å². The molecule has 0 saturated heterocycles. The first kappa shape index (κ1) is 15.4. The zero-order valence-corrected chi connectivity index (χ0v) is 12.5. The summed E-state index contributed by atoms with van der Waals surface area (Å²) in [4.78, 5) is 0. The second kappa shape index (κ2) is 6.65. The minimum Gasteiger partial charge on any atom is -0.313 e. The lowest BCUT2D eigenvalue weighted by Crippen LogP contribution is -2.33. The number of aryl methyl sites for hydroxylation is 1. The van der Waals surface area contributed by atoms with Crippen molar-refractivity contribution in [3.8, 4) is 0 Å². The lowest BCUT2D eigenvalue weighted by atomic mass is 10.1. The molecule has 4 nitrogen and oxygen atoms in total. The normalized spacial score (nSPS) is 15.5. The molecule has 0 aliphatic heterocycles. The molecule has 0 unspecified atom stereocenters. The molecule has 0 amide bonds. The smallest absolute Gasteiger partial charge is 0.212 e. The van der Waals surface area contributed by atoms with Crippen LogP contribution in [0.15, 0.2) is 18.2 Å². The third-order valence-corrected chi connectivity index (χ3v) is 4.79. The minimum absolute atomic E-state index is 0.103. The predicted molar refractivity (Wildman–Crippen MR) is 77.7 cm³/mol. The van der Waals surface area contributed by atoms with Crippen molar-refractivity contribution in [2.24, 2.45) is 0 Å². The van der Waals surface area contributed by atoms with Crippen molar-refractivity contribution in [1.82, 2.24) is 10.0 Å². The van der Waals surface area contributed by atoms with Crippen LogP contribution in [0.1, 0.15) is 24.0 Å². The van der Waals surface area contributed by atoms with E-state index in [-0.39, 0.29) is 11.6 Å². The van der Waals surface area contributed by atoms with Crippen LogP contribution in [0.4, 0.5) is 4.39 Å². The summed E-state index contributed by atoms with van der Waals surface area (Å²) in [6.45, 7) is 2.67. The molecule has 1 aliphatic rings. The van der Waals surface area contributed by atoms with Crippen molar-refractivity contribution < 1.29 is 12.8 Å². The van der Waals surface area contributed by atoms with Gasteiger partial charge < -0.3 is 5.32 Å². The fourth-order valence-electron chi connectivity index (χ4n) is 2.04. The Morgan fingerprint density at radius 3 is 2.70 bits per heavy atom. The quantitative estimate of drug-likeness (QED) is 0.762. The highest BCUT2D eigenvalue weighted by atomic mass is 32.2. The minimum atomic E-state index is -3.23. The van der Waals surface area contributed by atoms with E-state index in [1.54, 1.807) is 6.07 Å². The molecular weight excluding hydrogens is 279 g/mol. The van der Waals surface area contributed by atoms with Crippen LogP contribution in [0, 0.1) is 12.7 Å². The van der Waals surface area contributed by atoms with Crippen LogP contribution in [-0.2, 0) is 16.4 Å². The molecule has 6 heteroatoms. The Labute approximate surface area is 119 Å². The maximum Gasteiger partial charge on any atom is 0.212 e. The van der Waals surface area contributed by atoms with E-state index in [2.05, 4.69) is 10.0 Å². The highest BCUT2D eigenvalue weighted by molar-refractivity contribution is 7.89. The van der Waals surface area contributed by atoms with E-state index in [4.69, 9.17) is 0 Å². The van der Waals surface area contributed by atoms with E-state index in [1.807, 2.05) is 6.92 Å². The molecule has 112 valence electrons. The molecule has 0 heterocycles. The van der Waals surface area contributed by atoms with E-state index >= 15 is 0 Å². The maximum atomic E-state index is 13.0. The zero-order valence-electron chi connectivity index (χ0n) is 11.7. The van der Waals surface area contributed by atoms with E-state index in [0.29, 0.717) is 25.6 Å². The van der Waals surface area contributed by atoms with Crippen LogP contribution < -0.4 is 10.0 Å². The third-order valence-electron chi connectivity index (χ3n) is 3.40. The van der Waals surface area contributed by atoms with Gasteiger partial charge in [0.1, 0.15) is 5.82 Å². The number of hydrogen-bond donors (Lipinski definition) is 2. The lowest BCUT2D eigenvalue weighted by molar-refractivity contribution is 0.576. The average Bonchev–Trinajstić information content (AvgIpc) is 3.16. The van der Waals surface area contributed by atoms with Gasteiger partial charge in [-0.2, -0.15) is 0 Å². The molecule has 2 rings (SSSR count). The molecule has 0 aromatic heterocycles. The molecule has 0 radical (unpaired) electrons. The number of halogens is 1. The third kappa shape index (κ3) is 5.19. The van der Waals surface area contributed by atoms with Crippen molar-refractivity contribution in [3.63, 3.8) is 0 Å². The summed E-state index contributed by atoms with van der Waals surface area (Å²) in [6, 6.07) is 5.08. The standard InChI is InChI=1S/C14H21FN2O2S/c1-11-10-13(15)3-2-12(11)6-7-17-20(18,19)9-8-16-14-4-5-14/h2-3,10,14,16-17H,4-9H2,1H3. The summed E-state index contributed by atoms with van der Waals surface area (Å²) in [5.74, 6) is -0.163. The van der Waals surface area contributed by atoms with E-state index in [9.17, 15) is 12.8 Å². The first-order chi connectivity index (χ1) is 9.46. The van der Waals surface area contributed by atoms with Crippen molar-refractivity contribution in [1.29, 1.82) is 0 Å². The largest absolute Gasteiger partial charge is 0.313 e. The predicted octanol–water partition coefficient (Wildman–Crippen LogP) is 1.35. The van der Waals surface area contributed by atoms with Gasteiger partial charge >= 0.3 is 0 Å². The van der Waals surface area contributed by atoms with Gasteiger partial charge in [0.05, 0.1) is 5.75 Å². The molecule has 0 atom stereocenters. The average molecular weight is 300 g/mol. The van der Waals surface area contributed by atoms with Gasteiger partial charge in [0.2, 0.25) is 10.0 Å². The van der Waals surface area contributed by atoms with Gasteiger partial charge in [-0.05, 0) is 49.4 Å². The Morgan fingerprint density at radius 2 is 2.05 bits per heavy atom. The van der Waals surface area contributed by atoms with Crippen molar-refractivity contribution in [2.75, 3.05) is 18.8 Å². The lowest BCUT2D eigenvalue weighted by Gasteiger charge is -2.09. The molecule has 2 N–H and O–H groups in total. The summed E-state index contributed by atoms with van der Waals surface area (Å²) in [6.07, 6.45) is 2.87. The van der Waals surface area contributed by atoms with E-state index in [0.717, 1.165) is 24.0 Å². The molecule has 0 bridgehead atoms. The SMILES string of the molecule is Cc1cc(F)ccc1CCNS(=O)(=O)CCNC1CC1. The Hall–Kier alpha value is -0.980. The summed E-state index contributed by atoms with van der Waals surface area (Å²) in [7, 11) is -3.23. The molecule has 0 spiro atoms. The number of nitrogens with one attached hydrogen (secondary N) is 2. The van der Waals surface area contributed by atoms with Crippen molar-refractivity contribution in [3.05, 3.63) is 35.1 Å². The Morgan fingerprint density at radius 1 is 1.30 bits per heavy atom. The highest BCUT2D eigenvalue weighted by Gasteiger charge is 2.21. The number of hydrogen-bond acceptors (Lipinski definition) is 3. The Bertz CT molecular complexity index is 556. The molecular formula is C14H21FN2O2S. The molecule has 1 aromatic rings. The van der Waals surface area contributed by atoms with Gasteiger partial charge in [-0.3, -0.25) is 0 Å². The molecule has 20 heavy (non-hydrogen) atoms. The number of sulfonamides is 1. The van der Waals surface area contributed by atoms with Crippen molar-refractivity contribution >= 4 is 10.0 Å². The van der Waals surface area contributed by atoms with Crippen LogP contribution in [0.5, 0.6) is 0 Å². The Balaban J connectivity index is 1.73. The van der Waals surface area contributed by atoms with Crippen LogP contribution in [0.2, 0.25) is 0 Å². The zero-order chi connectivity index (χ0) is 14.6. The molecule has 1 aliphatic carbocycles. The van der Waals surface area contributed by atoms with Gasteiger partial charge in [-0.15, -0.1) is 0 Å². The molecule has 1 saturated carbocycles. The number of benzene rings is 1. The van der Waals surface area contributed by atoms with Crippen molar-refractivity contribution in [2.45, 2.75) is 32.2 Å². The van der Waals surface area contributed by atoms with Gasteiger partial charge in [0, 0.05) is 19.1 Å². The molecule has 1 fully saturated rings. The fraction of sp³-hybridized carbons (Fsp3) is 0.571. The summed E-state index contributed by atoms with van der Waals surface area (Å²) in [5.41, 5.74) is 1.81. The Kier molecular flexibility index (Phi) is 5.12. The van der Waals surface area contributed by atoms with Gasteiger partial charge in [0.25, 0.3) is 0 Å². The first-order valence-electron chi connectivity index (χ1n) is 6.92. The second-order valence-electron chi connectivity index (χ2n) is 5.26. The fourth-order valence-corrected chi connectivity index (χ4v) is 2.98. The van der Waals surface area contributed by atoms with Gasteiger partial charge in [-0.1, -0.05) is 6.07 Å². The summed E-state index contributed by atoms with van der Waals surface area (Å²) < 4.78 is 39.0. The van der Waals surface area contributed by atoms with E-state index in [1.165, 1.54) is 12.1 Å². The number of rotatable bonds is 8. The van der Waals surface area contributed by atoms with Crippen LogP contribution in [0.3, 0.4) is 0 Å². The molecule has 1 aromatic carbocycles. The van der Waals surface area contributed by atoms with Gasteiger partial charge in [-0.25, -0.2) is 17.5 Å². The first-order valence-corrected chi connectivity index (χ1v) is 8.57.